The number of hydrogen-bond acceptors (Lipinski definition) is 5. The van der Waals surface area contributed by atoms with Crippen LogP contribution in [0.4, 0.5) is 5.13 Å². The van der Waals surface area contributed by atoms with E-state index < -0.39 is 0 Å². The van der Waals surface area contributed by atoms with Gasteiger partial charge >= 0.3 is 0 Å². The molecule has 1 N–H and O–H groups in total. The molecule has 21 heavy (non-hydrogen) atoms. The molecule has 3 rings (SSSR count). The highest BCUT2D eigenvalue weighted by atomic mass is 32.2. The smallest absolute Gasteiger partial charge is 0.185 e. The first kappa shape index (κ1) is 15.6. The maximum Gasteiger partial charge on any atom is 0.185 e. The van der Waals surface area contributed by atoms with E-state index in [2.05, 4.69) is 42.7 Å². The van der Waals surface area contributed by atoms with Gasteiger partial charge in [-0.15, -0.1) is 11.3 Å². The van der Waals surface area contributed by atoms with Gasteiger partial charge in [-0.3, -0.25) is 0 Å². The van der Waals surface area contributed by atoms with Crippen LogP contribution in [0.5, 0.6) is 0 Å². The largest absolute Gasteiger partial charge is 0.346 e. The summed E-state index contributed by atoms with van der Waals surface area (Å²) in [5, 5.41) is 5.62. The predicted octanol–water partition coefficient (Wildman–Crippen LogP) is 3.85. The molecule has 0 aromatic carbocycles. The molecule has 2 fully saturated rings. The van der Waals surface area contributed by atoms with Gasteiger partial charge in [0.1, 0.15) is 0 Å². The van der Waals surface area contributed by atoms with Crippen molar-refractivity contribution in [3.63, 3.8) is 0 Å². The van der Waals surface area contributed by atoms with E-state index >= 15 is 0 Å². The lowest BCUT2D eigenvalue weighted by Crippen LogP contribution is -2.37. The van der Waals surface area contributed by atoms with Gasteiger partial charge in [-0.25, -0.2) is 4.98 Å². The van der Waals surface area contributed by atoms with Crippen molar-refractivity contribution in [2.75, 3.05) is 23.7 Å². The fourth-order valence-corrected chi connectivity index (χ4v) is 5.04. The summed E-state index contributed by atoms with van der Waals surface area (Å²) in [6, 6.07) is 0.540. The fourth-order valence-electron chi connectivity index (χ4n) is 2.73. The molecule has 2 aliphatic rings. The van der Waals surface area contributed by atoms with Crippen LogP contribution in [0.15, 0.2) is 0 Å². The monoisotopic (exact) mass is 325 g/mol. The molecule has 5 heteroatoms. The van der Waals surface area contributed by atoms with Gasteiger partial charge in [-0.05, 0) is 19.3 Å². The zero-order chi connectivity index (χ0) is 14.8. The Morgan fingerprint density at radius 2 is 2.19 bits per heavy atom. The minimum atomic E-state index is 0.540. The highest BCUT2D eigenvalue weighted by Gasteiger charge is 2.31. The lowest BCUT2D eigenvalue weighted by atomic mass is 10.2. The summed E-state index contributed by atoms with van der Waals surface area (Å²) in [6.07, 6.45) is 3.94. The molecule has 1 unspecified atom stereocenters. The number of anilines is 1. The molecular weight excluding hydrogens is 298 g/mol. The SMILES string of the molecule is CCC1CN(c2nc(C3CC3)c(CNC(C)C)s2)CCS1. The predicted molar refractivity (Wildman–Crippen MR) is 94.8 cm³/mol. The highest BCUT2D eigenvalue weighted by molar-refractivity contribution is 8.00. The molecule has 1 saturated carbocycles. The Kier molecular flexibility index (Phi) is 5.12. The van der Waals surface area contributed by atoms with Gasteiger partial charge in [-0.1, -0.05) is 20.8 Å². The number of thioether (sulfide) groups is 1. The van der Waals surface area contributed by atoms with Crippen LogP contribution in [0.25, 0.3) is 0 Å². The molecule has 1 aliphatic heterocycles. The lowest BCUT2D eigenvalue weighted by molar-refractivity contribution is 0.590. The Bertz CT molecular complexity index is 468. The summed E-state index contributed by atoms with van der Waals surface area (Å²) in [6.45, 7) is 10.1. The average molecular weight is 326 g/mol. The van der Waals surface area contributed by atoms with Crippen LogP contribution in [0.1, 0.15) is 56.5 Å². The van der Waals surface area contributed by atoms with Crippen LogP contribution < -0.4 is 10.2 Å². The molecule has 118 valence electrons. The van der Waals surface area contributed by atoms with E-state index in [1.807, 2.05) is 11.3 Å². The van der Waals surface area contributed by atoms with Crippen LogP contribution in [0, 0.1) is 0 Å². The Hall–Kier alpha value is -0.260. The van der Waals surface area contributed by atoms with E-state index in [1.54, 1.807) is 0 Å². The van der Waals surface area contributed by atoms with Gasteiger partial charge in [0.15, 0.2) is 5.13 Å². The third-order valence-corrected chi connectivity index (χ3v) is 6.72. The molecule has 1 aromatic rings. The Morgan fingerprint density at radius 1 is 1.38 bits per heavy atom. The van der Waals surface area contributed by atoms with Crippen LogP contribution >= 0.6 is 23.1 Å². The molecule has 0 radical (unpaired) electrons. The van der Waals surface area contributed by atoms with Crippen molar-refractivity contribution >= 4 is 28.2 Å². The third kappa shape index (κ3) is 3.93. The summed E-state index contributed by atoms with van der Waals surface area (Å²) in [7, 11) is 0. The lowest BCUT2D eigenvalue weighted by Gasteiger charge is -2.31. The summed E-state index contributed by atoms with van der Waals surface area (Å²) < 4.78 is 0. The summed E-state index contributed by atoms with van der Waals surface area (Å²) in [4.78, 5) is 9.04. The maximum absolute atomic E-state index is 5.04. The molecule has 0 spiro atoms. The molecule has 0 bridgehead atoms. The third-order valence-electron chi connectivity index (χ3n) is 4.22. The summed E-state index contributed by atoms with van der Waals surface area (Å²) in [5.41, 5.74) is 1.40. The zero-order valence-corrected chi connectivity index (χ0v) is 15.0. The first-order valence-electron chi connectivity index (χ1n) is 8.27. The van der Waals surface area contributed by atoms with Crippen LogP contribution in [0.2, 0.25) is 0 Å². The fraction of sp³-hybridized carbons (Fsp3) is 0.812. The van der Waals surface area contributed by atoms with Gasteiger partial charge in [0.25, 0.3) is 0 Å². The number of hydrogen-bond donors (Lipinski definition) is 1. The van der Waals surface area contributed by atoms with Crippen LogP contribution in [-0.4, -0.2) is 35.1 Å². The standard InChI is InChI=1S/C16H27N3S2/c1-4-13-10-19(7-8-20-13)16-18-15(12-5-6-12)14(21-16)9-17-11(2)3/h11-13,17H,4-10H2,1-3H3. The number of rotatable bonds is 6. The van der Waals surface area contributed by atoms with Crippen molar-refractivity contribution in [1.29, 1.82) is 0 Å². The minimum absolute atomic E-state index is 0.540. The Labute approximate surface area is 136 Å². The molecule has 3 nitrogen and oxygen atoms in total. The van der Waals surface area contributed by atoms with Gasteiger partial charge in [0.2, 0.25) is 0 Å². The molecule has 1 saturated heterocycles. The van der Waals surface area contributed by atoms with Gasteiger partial charge in [0, 0.05) is 47.5 Å². The van der Waals surface area contributed by atoms with Gasteiger partial charge in [0.05, 0.1) is 5.69 Å². The second-order valence-corrected chi connectivity index (χ2v) is 8.93. The van der Waals surface area contributed by atoms with Crippen LogP contribution in [-0.2, 0) is 6.54 Å². The maximum atomic E-state index is 5.04. The highest BCUT2D eigenvalue weighted by Crippen LogP contribution is 2.44. The first-order chi connectivity index (χ1) is 10.2. The number of aromatic nitrogens is 1. The Balaban J connectivity index is 1.74. The van der Waals surface area contributed by atoms with Crippen molar-refractivity contribution in [1.82, 2.24) is 10.3 Å². The van der Waals surface area contributed by atoms with Gasteiger partial charge in [-0.2, -0.15) is 11.8 Å². The molecule has 0 amide bonds. The van der Waals surface area contributed by atoms with Crippen molar-refractivity contribution in [2.24, 2.45) is 0 Å². The van der Waals surface area contributed by atoms with E-state index in [-0.39, 0.29) is 0 Å². The number of nitrogens with zero attached hydrogens (tertiary/aromatic N) is 2. The van der Waals surface area contributed by atoms with Crippen molar-refractivity contribution in [3.05, 3.63) is 10.6 Å². The minimum Gasteiger partial charge on any atom is -0.346 e. The topological polar surface area (TPSA) is 28.2 Å². The molecular formula is C16H27N3S2. The zero-order valence-electron chi connectivity index (χ0n) is 13.4. The normalized spacial score (nSPS) is 23.0. The van der Waals surface area contributed by atoms with Crippen LogP contribution in [0.3, 0.4) is 0 Å². The van der Waals surface area contributed by atoms with Crippen molar-refractivity contribution in [2.45, 2.75) is 63.8 Å². The summed E-state index contributed by atoms with van der Waals surface area (Å²) >= 11 is 4.06. The second kappa shape index (κ2) is 6.88. The van der Waals surface area contributed by atoms with E-state index in [0.717, 1.165) is 24.3 Å². The van der Waals surface area contributed by atoms with Crippen molar-refractivity contribution in [3.8, 4) is 0 Å². The quantitative estimate of drug-likeness (QED) is 0.860. The number of nitrogens with one attached hydrogen (secondary N) is 1. The molecule has 1 atom stereocenters. The van der Waals surface area contributed by atoms with E-state index in [1.165, 1.54) is 47.3 Å². The van der Waals surface area contributed by atoms with E-state index in [9.17, 15) is 0 Å². The summed E-state index contributed by atoms with van der Waals surface area (Å²) in [5.74, 6) is 2.00. The molecule has 1 aromatic heterocycles. The second-order valence-electron chi connectivity index (χ2n) is 6.46. The van der Waals surface area contributed by atoms with Crippen molar-refractivity contribution < 1.29 is 0 Å². The number of thiazole rings is 1. The average Bonchev–Trinajstić information content (AvgIpc) is 3.25. The molecule has 2 heterocycles. The Morgan fingerprint density at radius 3 is 2.86 bits per heavy atom. The van der Waals surface area contributed by atoms with E-state index in [4.69, 9.17) is 4.98 Å². The van der Waals surface area contributed by atoms with E-state index in [0.29, 0.717) is 6.04 Å². The molecule has 1 aliphatic carbocycles. The first-order valence-corrected chi connectivity index (χ1v) is 10.1. The van der Waals surface area contributed by atoms with Gasteiger partial charge < -0.3 is 10.2 Å².